The van der Waals surface area contributed by atoms with Crippen LogP contribution in [0.25, 0.3) is 0 Å². The van der Waals surface area contributed by atoms with E-state index in [1.165, 1.54) is 6.33 Å². The van der Waals surface area contributed by atoms with Gasteiger partial charge in [-0.05, 0) is 34.5 Å². The van der Waals surface area contributed by atoms with E-state index in [2.05, 4.69) is 43.1 Å². The summed E-state index contributed by atoms with van der Waals surface area (Å²) in [5, 5.41) is 3.35. The number of hydrogen-bond acceptors (Lipinski definition) is 4. The molecule has 17 heavy (non-hydrogen) atoms. The van der Waals surface area contributed by atoms with Crippen molar-refractivity contribution in [2.24, 2.45) is 0 Å². The molecule has 2 heterocycles. The molecule has 5 heteroatoms. The van der Waals surface area contributed by atoms with E-state index in [1.807, 2.05) is 18.2 Å². The maximum Gasteiger partial charge on any atom is 0.144 e. The van der Waals surface area contributed by atoms with Crippen molar-refractivity contribution in [1.29, 1.82) is 0 Å². The molecule has 0 saturated carbocycles. The van der Waals surface area contributed by atoms with Gasteiger partial charge in [-0.15, -0.1) is 0 Å². The van der Waals surface area contributed by atoms with Gasteiger partial charge in [0.05, 0.1) is 16.2 Å². The Morgan fingerprint density at radius 3 is 2.88 bits per heavy atom. The number of aromatic nitrogens is 3. The summed E-state index contributed by atoms with van der Waals surface area (Å²) in [4.78, 5) is 12.5. The summed E-state index contributed by atoms with van der Waals surface area (Å²) < 4.78 is 0.856. The van der Waals surface area contributed by atoms with Gasteiger partial charge < -0.3 is 5.32 Å². The SMILES string of the molecule is CC[C@H](Nc1ncncc1Br)c1ccccn1. The molecular formula is C12H13BrN4. The Labute approximate surface area is 109 Å². The van der Waals surface area contributed by atoms with Crippen LogP contribution in [0.3, 0.4) is 0 Å². The number of halogens is 1. The van der Waals surface area contributed by atoms with Crippen LogP contribution in [-0.4, -0.2) is 15.0 Å². The lowest BCUT2D eigenvalue weighted by Crippen LogP contribution is -2.12. The highest BCUT2D eigenvalue weighted by Gasteiger charge is 2.12. The van der Waals surface area contributed by atoms with Crippen LogP contribution in [0.4, 0.5) is 5.82 Å². The first kappa shape index (κ1) is 12.0. The quantitative estimate of drug-likeness (QED) is 0.940. The van der Waals surface area contributed by atoms with E-state index in [0.717, 1.165) is 22.4 Å². The summed E-state index contributed by atoms with van der Waals surface area (Å²) in [7, 11) is 0. The molecule has 0 unspecified atom stereocenters. The van der Waals surface area contributed by atoms with E-state index in [0.29, 0.717) is 0 Å². The average Bonchev–Trinajstić information content (AvgIpc) is 2.39. The zero-order valence-electron chi connectivity index (χ0n) is 9.47. The van der Waals surface area contributed by atoms with Crippen LogP contribution in [0, 0.1) is 0 Å². The molecule has 0 amide bonds. The highest BCUT2D eigenvalue weighted by atomic mass is 79.9. The van der Waals surface area contributed by atoms with Gasteiger partial charge in [-0.2, -0.15) is 0 Å². The van der Waals surface area contributed by atoms with Gasteiger partial charge in [0.1, 0.15) is 12.1 Å². The fraction of sp³-hybridized carbons (Fsp3) is 0.250. The maximum atomic E-state index is 4.35. The van der Waals surface area contributed by atoms with E-state index >= 15 is 0 Å². The fourth-order valence-corrected chi connectivity index (χ4v) is 1.89. The summed E-state index contributed by atoms with van der Waals surface area (Å²) in [5.41, 5.74) is 1.01. The Morgan fingerprint density at radius 2 is 2.24 bits per heavy atom. The summed E-state index contributed by atoms with van der Waals surface area (Å²) in [5.74, 6) is 0.789. The minimum absolute atomic E-state index is 0.155. The van der Waals surface area contributed by atoms with Gasteiger partial charge in [-0.3, -0.25) is 4.98 Å². The van der Waals surface area contributed by atoms with Gasteiger partial charge in [0.2, 0.25) is 0 Å². The average molecular weight is 293 g/mol. The zero-order valence-corrected chi connectivity index (χ0v) is 11.1. The zero-order chi connectivity index (χ0) is 12.1. The Balaban J connectivity index is 2.19. The van der Waals surface area contributed by atoms with Crippen molar-refractivity contribution in [3.8, 4) is 0 Å². The molecule has 0 spiro atoms. The summed E-state index contributed by atoms with van der Waals surface area (Å²) in [6.07, 6.45) is 5.99. The second-order valence-corrected chi connectivity index (χ2v) is 4.43. The van der Waals surface area contributed by atoms with Crippen molar-refractivity contribution >= 4 is 21.7 Å². The normalized spacial score (nSPS) is 12.1. The predicted octanol–water partition coefficient (Wildman–Crippen LogP) is 3.20. The number of pyridine rings is 1. The molecular weight excluding hydrogens is 280 g/mol. The Morgan fingerprint density at radius 1 is 1.35 bits per heavy atom. The second-order valence-electron chi connectivity index (χ2n) is 3.58. The Kier molecular flexibility index (Phi) is 4.03. The van der Waals surface area contributed by atoms with Crippen molar-refractivity contribution < 1.29 is 0 Å². The van der Waals surface area contributed by atoms with Crippen molar-refractivity contribution in [3.63, 3.8) is 0 Å². The van der Waals surface area contributed by atoms with Crippen LogP contribution >= 0.6 is 15.9 Å². The molecule has 4 nitrogen and oxygen atoms in total. The minimum Gasteiger partial charge on any atom is -0.361 e. The smallest absolute Gasteiger partial charge is 0.144 e. The van der Waals surface area contributed by atoms with E-state index in [9.17, 15) is 0 Å². The number of hydrogen-bond donors (Lipinski definition) is 1. The Bertz CT molecular complexity index is 475. The first-order valence-corrected chi connectivity index (χ1v) is 6.23. The molecule has 2 rings (SSSR count). The predicted molar refractivity (Wildman–Crippen MR) is 70.6 cm³/mol. The molecule has 0 fully saturated rings. The van der Waals surface area contributed by atoms with Gasteiger partial charge in [0.15, 0.2) is 0 Å². The molecule has 0 aromatic carbocycles. The molecule has 2 aromatic heterocycles. The molecule has 1 N–H and O–H groups in total. The topological polar surface area (TPSA) is 50.7 Å². The third-order valence-corrected chi connectivity index (χ3v) is 3.01. The summed E-state index contributed by atoms with van der Waals surface area (Å²) in [6.45, 7) is 2.11. The molecule has 0 saturated heterocycles. The number of rotatable bonds is 4. The molecule has 0 aliphatic carbocycles. The molecule has 0 bridgehead atoms. The highest BCUT2D eigenvalue weighted by molar-refractivity contribution is 9.10. The first-order valence-electron chi connectivity index (χ1n) is 5.44. The van der Waals surface area contributed by atoms with Crippen molar-refractivity contribution in [1.82, 2.24) is 15.0 Å². The fourth-order valence-electron chi connectivity index (χ4n) is 1.55. The van der Waals surface area contributed by atoms with Crippen LogP contribution in [-0.2, 0) is 0 Å². The standard InChI is InChI=1S/C12H13BrN4/c1-2-10(11-5-3-4-6-15-11)17-12-9(13)7-14-8-16-12/h3-8,10H,2H2,1H3,(H,14,16,17)/t10-/m0/s1. The first-order chi connectivity index (χ1) is 8.31. The second kappa shape index (κ2) is 5.72. The van der Waals surface area contributed by atoms with Crippen molar-refractivity contribution in [2.45, 2.75) is 19.4 Å². The lowest BCUT2D eigenvalue weighted by Gasteiger charge is -2.17. The molecule has 1 atom stereocenters. The van der Waals surface area contributed by atoms with Crippen LogP contribution in [0.2, 0.25) is 0 Å². The number of nitrogens with one attached hydrogen (secondary N) is 1. The Hall–Kier alpha value is -1.49. The summed E-state index contributed by atoms with van der Waals surface area (Å²) >= 11 is 3.42. The molecule has 88 valence electrons. The maximum absolute atomic E-state index is 4.35. The lowest BCUT2D eigenvalue weighted by atomic mass is 10.1. The van der Waals surface area contributed by atoms with E-state index in [4.69, 9.17) is 0 Å². The largest absolute Gasteiger partial charge is 0.361 e. The lowest BCUT2D eigenvalue weighted by molar-refractivity contribution is 0.717. The monoisotopic (exact) mass is 292 g/mol. The highest BCUT2D eigenvalue weighted by Crippen LogP contribution is 2.24. The number of nitrogens with zero attached hydrogens (tertiary/aromatic N) is 3. The molecule has 0 radical (unpaired) electrons. The van der Waals surface area contributed by atoms with Gasteiger partial charge in [-0.25, -0.2) is 9.97 Å². The van der Waals surface area contributed by atoms with Crippen LogP contribution in [0.5, 0.6) is 0 Å². The summed E-state index contributed by atoms with van der Waals surface area (Å²) in [6, 6.07) is 6.07. The van der Waals surface area contributed by atoms with Crippen molar-refractivity contribution in [2.75, 3.05) is 5.32 Å². The molecule has 2 aromatic rings. The van der Waals surface area contributed by atoms with Gasteiger partial charge in [0, 0.05) is 12.4 Å². The van der Waals surface area contributed by atoms with Gasteiger partial charge in [0.25, 0.3) is 0 Å². The molecule has 0 aliphatic heterocycles. The van der Waals surface area contributed by atoms with Gasteiger partial charge in [-0.1, -0.05) is 13.0 Å². The van der Waals surface area contributed by atoms with E-state index in [-0.39, 0.29) is 6.04 Å². The molecule has 0 aliphatic rings. The van der Waals surface area contributed by atoms with E-state index < -0.39 is 0 Å². The van der Waals surface area contributed by atoms with Crippen LogP contribution in [0.1, 0.15) is 25.1 Å². The minimum atomic E-state index is 0.155. The van der Waals surface area contributed by atoms with Crippen LogP contribution < -0.4 is 5.32 Å². The third-order valence-electron chi connectivity index (χ3n) is 2.43. The third kappa shape index (κ3) is 3.00. The van der Waals surface area contributed by atoms with Crippen molar-refractivity contribution in [3.05, 3.63) is 47.1 Å². The van der Waals surface area contributed by atoms with Gasteiger partial charge >= 0.3 is 0 Å². The number of anilines is 1. The van der Waals surface area contributed by atoms with Crippen LogP contribution in [0.15, 0.2) is 41.4 Å². The van der Waals surface area contributed by atoms with E-state index in [1.54, 1.807) is 12.4 Å².